The van der Waals surface area contributed by atoms with Gasteiger partial charge in [0, 0.05) is 12.3 Å². The molecule has 0 aliphatic heterocycles. The fourth-order valence-electron chi connectivity index (χ4n) is 1.15. The van der Waals surface area contributed by atoms with Gasteiger partial charge in [-0.3, -0.25) is 0 Å². The maximum absolute atomic E-state index is 5.71. The predicted octanol–water partition coefficient (Wildman–Crippen LogP) is 2.68. The van der Waals surface area contributed by atoms with Crippen molar-refractivity contribution in [2.45, 2.75) is 20.0 Å². The summed E-state index contributed by atoms with van der Waals surface area (Å²) in [5, 5.41) is 0. The van der Waals surface area contributed by atoms with Gasteiger partial charge in [-0.25, -0.2) is 0 Å². The van der Waals surface area contributed by atoms with Crippen molar-refractivity contribution in [3.63, 3.8) is 0 Å². The number of rotatable bonds is 5. The monoisotopic (exact) mass is 321 g/mol. The molecule has 1 aromatic rings. The minimum Gasteiger partial charge on any atom is -0.487 e. The lowest BCUT2D eigenvalue weighted by atomic mass is 10.3. The van der Waals surface area contributed by atoms with Gasteiger partial charge < -0.3 is 15.2 Å². The highest BCUT2D eigenvalue weighted by atomic mass is 127. The Bertz CT molecular complexity index is 317. The van der Waals surface area contributed by atoms with Crippen LogP contribution in [-0.4, -0.2) is 19.3 Å². The lowest BCUT2D eigenvalue weighted by Gasteiger charge is -2.15. The molecule has 0 spiro atoms. The molecule has 15 heavy (non-hydrogen) atoms. The summed E-state index contributed by atoms with van der Waals surface area (Å²) in [7, 11) is 0. The number of anilines is 1. The molecule has 1 aromatic carbocycles. The molecule has 4 heteroatoms. The van der Waals surface area contributed by atoms with E-state index < -0.39 is 0 Å². The number of nitrogens with two attached hydrogens (primary N) is 1. The van der Waals surface area contributed by atoms with Crippen LogP contribution in [-0.2, 0) is 4.74 Å². The van der Waals surface area contributed by atoms with Gasteiger partial charge in [-0.15, -0.1) is 0 Å². The predicted molar refractivity (Wildman–Crippen MR) is 70.2 cm³/mol. The SMILES string of the molecule is CCOCC(C)Oc1ccc(N)cc1I. The Morgan fingerprint density at radius 3 is 2.80 bits per heavy atom. The lowest BCUT2D eigenvalue weighted by molar-refractivity contribution is 0.0653. The van der Waals surface area contributed by atoms with Crippen LogP contribution in [0.15, 0.2) is 18.2 Å². The highest BCUT2D eigenvalue weighted by Crippen LogP contribution is 2.23. The molecule has 0 aromatic heterocycles. The van der Waals surface area contributed by atoms with E-state index in [0.717, 1.165) is 15.0 Å². The van der Waals surface area contributed by atoms with Gasteiger partial charge in [0.15, 0.2) is 0 Å². The van der Waals surface area contributed by atoms with Crippen molar-refractivity contribution >= 4 is 28.3 Å². The molecular formula is C11H16INO2. The summed E-state index contributed by atoms with van der Waals surface area (Å²) < 4.78 is 12.0. The van der Waals surface area contributed by atoms with Crippen molar-refractivity contribution < 1.29 is 9.47 Å². The fourth-order valence-corrected chi connectivity index (χ4v) is 1.81. The smallest absolute Gasteiger partial charge is 0.133 e. The van der Waals surface area contributed by atoms with Crippen LogP contribution >= 0.6 is 22.6 Å². The first-order valence-corrected chi connectivity index (χ1v) is 6.00. The molecule has 0 aliphatic carbocycles. The first kappa shape index (κ1) is 12.6. The number of ether oxygens (including phenoxy) is 2. The van der Waals surface area contributed by atoms with E-state index in [4.69, 9.17) is 15.2 Å². The van der Waals surface area contributed by atoms with Crippen LogP contribution in [0, 0.1) is 3.57 Å². The highest BCUT2D eigenvalue weighted by molar-refractivity contribution is 14.1. The van der Waals surface area contributed by atoms with Gasteiger partial charge in [0.25, 0.3) is 0 Å². The summed E-state index contributed by atoms with van der Waals surface area (Å²) in [6.07, 6.45) is 0.0575. The Labute approximate surface area is 104 Å². The summed E-state index contributed by atoms with van der Waals surface area (Å²) in [6, 6.07) is 5.62. The van der Waals surface area contributed by atoms with Gasteiger partial charge in [-0.2, -0.15) is 0 Å². The molecule has 1 rings (SSSR count). The van der Waals surface area contributed by atoms with Gasteiger partial charge in [-0.1, -0.05) is 0 Å². The molecule has 0 radical (unpaired) electrons. The first-order valence-electron chi connectivity index (χ1n) is 4.93. The molecule has 0 bridgehead atoms. The summed E-state index contributed by atoms with van der Waals surface area (Å²) in [4.78, 5) is 0. The van der Waals surface area contributed by atoms with Gasteiger partial charge >= 0.3 is 0 Å². The molecule has 0 saturated carbocycles. The Kier molecular flexibility index (Phi) is 5.17. The molecule has 1 unspecified atom stereocenters. The second kappa shape index (κ2) is 6.17. The van der Waals surface area contributed by atoms with Crippen LogP contribution in [0.2, 0.25) is 0 Å². The van der Waals surface area contributed by atoms with E-state index in [1.807, 2.05) is 32.0 Å². The average molecular weight is 321 g/mol. The molecule has 1 atom stereocenters. The van der Waals surface area contributed by atoms with E-state index in [0.29, 0.717) is 13.2 Å². The Hall–Kier alpha value is -0.490. The van der Waals surface area contributed by atoms with Crippen LogP contribution in [0.4, 0.5) is 5.69 Å². The number of benzene rings is 1. The molecule has 3 nitrogen and oxygen atoms in total. The first-order chi connectivity index (χ1) is 7.13. The lowest BCUT2D eigenvalue weighted by Crippen LogP contribution is -2.19. The van der Waals surface area contributed by atoms with Gasteiger partial charge in [-0.05, 0) is 54.6 Å². The molecule has 84 valence electrons. The highest BCUT2D eigenvalue weighted by Gasteiger charge is 2.07. The van der Waals surface area contributed by atoms with Crippen LogP contribution < -0.4 is 10.5 Å². The van der Waals surface area contributed by atoms with Crippen molar-refractivity contribution in [2.75, 3.05) is 18.9 Å². The van der Waals surface area contributed by atoms with Crippen molar-refractivity contribution in [1.29, 1.82) is 0 Å². The van der Waals surface area contributed by atoms with Crippen molar-refractivity contribution in [3.8, 4) is 5.75 Å². The second-order valence-corrected chi connectivity index (χ2v) is 4.44. The number of hydrogen-bond acceptors (Lipinski definition) is 3. The van der Waals surface area contributed by atoms with Crippen molar-refractivity contribution in [1.82, 2.24) is 0 Å². The van der Waals surface area contributed by atoms with Gasteiger partial charge in [0.2, 0.25) is 0 Å². The molecule has 0 aliphatic rings. The van der Waals surface area contributed by atoms with Crippen LogP contribution in [0.1, 0.15) is 13.8 Å². The molecule has 0 fully saturated rings. The van der Waals surface area contributed by atoms with E-state index in [1.165, 1.54) is 0 Å². The topological polar surface area (TPSA) is 44.5 Å². The van der Waals surface area contributed by atoms with Crippen LogP contribution in [0.5, 0.6) is 5.75 Å². The third-order valence-corrected chi connectivity index (χ3v) is 2.68. The Balaban J connectivity index is 2.56. The summed E-state index contributed by atoms with van der Waals surface area (Å²) in [5.74, 6) is 0.858. The van der Waals surface area contributed by atoms with Gasteiger partial charge in [0.1, 0.15) is 11.9 Å². The molecule has 0 saturated heterocycles. The van der Waals surface area contributed by atoms with Crippen LogP contribution in [0.3, 0.4) is 0 Å². The van der Waals surface area contributed by atoms with Crippen molar-refractivity contribution in [3.05, 3.63) is 21.8 Å². The quantitative estimate of drug-likeness (QED) is 0.670. The van der Waals surface area contributed by atoms with Crippen molar-refractivity contribution in [2.24, 2.45) is 0 Å². The summed E-state index contributed by atoms with van der Waals surface area (Å²) in [6.45, 7) is 5.28. The standard InChI is InChI=1S/C11H16INO2/c1-3-14-7-8(2)15-11-5-4-9(13)6-10(11)12/h4-6,8H,3,7,13H2,1-2H3. The number of halogens is 1. The van der Waals surface area contributed by atoms with Crippen LogP contribution in [0.25, 0.3) is 0 Å². The van der Waals surface area contributed by atoms with Gasteiger partial charge in [0.05, 0.1) is 10.2 Å². The summed E-state index contributed by atoms with van der Waals surface area (Å²) in [5.41, 5.74) is 6.41. The molecule has 0 amide bonds. The zero-order valence-electron chi connectivity index (χ0n) is 9.00. The largest absolute Gasteiger partial charge is 0.487 e. The normalized spacial score (nSPS) is 12.5. The Morgan fingerprint density at radius 1 is 1.47 bits per heavy atom. The fraction of sp³-hybridized carbons (Fsp3) is 0.455. The van der Waals surface area contributed by atoms with E-state index in [-0.39, 0.29) is 6.10 Å². The van der Waals surface area contributed by atoms with E-state index in [2.05, 4.69) is 22.6 Å². The zero-order chi connectivity index (χ0) is 11.3. The molecular weight excluding hydrogens is 305 g/mol. The summed E-state index contributed by atoms with van der Waals surface area (Å²) >= 11 is 2.21. The van der Waals surface area contributed by atoms with E-state index >= 15 is 0 Å². The third-order valence-electron chi connectivity index (χ3n) is 1.84. The zero-order valence-corrected chi connectivity index (χ0v) is 11.2. The van der Waals surface area contributed by atoms with E-state index in [9.17, 15) is 0 Å². The maximum atomic E-state index is 5.71. The average Bonchev–Trinajstić information content (AvgIpc) is 2.19. The van der Waals surface area contributed by atoms with E-state index in [1.54, 1.807) is 0 Å². The minimum atomic E-state index is 0.0575. The second-order valence-electron chi connectivity index (χ2n) is 3.28. The maximum Gasteiger partial charge on any atom is 0.133 e. The number of nitrogen functional groups attached to an aromatic ring is 1. The Morgan fingerprint density at radius 2 is 2.20 bits per heavy atom. The third kappa shape index (κ3) is 4.25. The molecule has 2 N–H and O–H groups in total. The minimum absolute atomic E-state index is 0.0575. The number of hydrogen-bond donors (Lipinski definition) is 1. The molecule has 0 heterocycles.